The Hall–Kier alpha value is -0.610. The molecule has 4 N–H and O–H groups in total. The monoisotopic (exact) mass is 203 g/mol. The third-order valence-corrected chi connectivity index (χ3v) is 2.38. The Kier molecular flexibility index (Phi) is 7.42. The highest BCUT2D eigenvalue weighted by Gasteiger charge is 2.19. The van der Waals surface area contributed by atoms with E-state index in [0.29, 0.717) is 25.8 Å². The molecular weight excluding hydrogens is 182 g/mol. The predicted molar refractivity (Wildman–Crippen MR) is 54.9 cm³/mol. The number of carboxylic acids is 1. The molecule has 0 heterocycles. The van der Waals surface area contributed by atoms with Gasteiger partial charge in [-0.2, -0.15) is 0 Å². The van der Waals surface area contributed by atoms with Crippen LogP contribution in [0, 0.1) is 5.92 Å². The van der Waals surface area contributed by atoms with Gasteiger partial charge in [-0.15, -0.1) is 0 Å². The molecule has 14 heavy (non-hydrogen) atoms. The summed E-state index contributed by atoms with van der Waals surface area (Å²) in [5, 5.41) is 18.2. The van der Waals surface area contributed by atoms with Gasteiger partial charge in [0, 0.05) is 0 Å². The summed E-state index contributed by atoms with van der Waals surface area (Å²) < 4.78 is 0. The first-order valence-electron chi connectivity index (χ1n) is 5.22. The summed E-state index contributed by atoms with van der Waals surface area (Å²) >= 11 is 0. The molecule has 0 aliphatic carbocycles. The van der Waals surface area contributed by atoms with E-state index in [9.17, 15) is 9.90 Å². The Balaban J connectivity index is 3.84. The van der Waals surface area contributed by atoms with E-state index in [1.54, 1.807) is 0 Å². The number of aliphatic hydroxyl groups is 1. The number of carboxylic acid groups (broad SMARTS) is 1. The van der Waals surface area contributed by atoms with Crippen molar-refractivity contribution in [2.75, 3.05) is 6.54 Å². The summed E-state index contributed by atoms with van der Waals surface area (Å²) in [6, 6.07) is 0. The fraction of sp³-hybridized carbons (Fsp3) is 0.900. The molecule has 2 atom stereocenters. The van der Waals surface area contributed by atoms with Gasteiger partial charge in [-0.05, 0) is 32.2 Å². The van der Waals surface area contributed by atoms with Gasteiger partial charge in [-0.25, -0.2) is 0 Å². The largest absolute Gasteiger partial charge is 0.481 e. The first-order valence-corrected chi connectivity index (χ1v) is 5.22. The first-order chi connectivity index (χ1) is 6.61. The first kappa shape index (κ1) is 13.4. The van der Waals surface area contributed by atoms with Crippen molar-refractivity contribution in [3.05, 3.63) is 0 Å². The molecule has 0 rings (SSSR count). The van der Waals surface area contributed by atoms with Crippen molar-refractivity contribution in [1.29, 1.82) is 0 Å². The van der Waals surface area contributed by atoms with Crippen LogP contribution < -0.4 is 5.73 Å². The van der Waals surface area contributed by atoms with E-state index in [0.717, 1.165) is 12.8 Å². The number of rotatable bonds is 8. The van der Waals surface area contributed by atoms with Crippen LogP contribution in [0.15, 0.2) is 0 Å². The lowest BCUT2D eigenvalue weighted by molar-refractivity contribution is -0.143. The normalized spacial score (nSPS) is 15.1. The Labute approximate surface area is 85.1 Å². The molecule has 4 heteroatoms. The molecule has 2 unspecified atom stereocenters. The molecule has 0 saturated heterocycles. The van der Waals surface area contributed by atoms with E-state index in [2.05, 4.69) is 0 Å². The van der Waals surface area contributed by atoms with Crippen LogP contribution in [0.1, 0.15) is 39.0 Å². The van der Waals surface area contributed by atoms with Crippen molar-refractivity contribution in [3.63, 3.8) is 0 Å². The summed E-state index contributed by atoms with van der Waals surface area (Å²) in [4.78, 5) is 10.8. The van der Waals surface area contributed by atoms with Crippen LogP contribution in [-0.4, -0.2) is 28.8 Å². The van der Waals surface area contributed by atoms with E-state index in [4.69, 9.17) is 10.8 Å². The lowest BCUT2D eigenvalue weighted by Gasteiger charge is -2.15. The Bertz CT molecular complexity index is 161. The second kappa shape index (κ2) is 7.76. The van der Waals surface area contributed by atoms with Crippen molar-refractivity contribution < 1.29 is 15.0 Å². The van der Waals surface area contributed by atoms with Crippen molar-refractivity contribution in [1.82, 2.24) is 0 Å². The zero-order chi connectivity index (χ0) is 11.0. The molecule has 0 aliphatic heterocycles. The van der Waals surface area contributed by atoms with Gasteiger partial charge in [-0.1, -0.05) is 13.3 Å². The third kappa shape index (κ3) is 5.94. The molecule has 0 aromatic heterocycles. The van der Waals surface area contributed by atoms with E-state index >= 15 is 0 Å². The molecule has 0 radical (unpaired) electrons. The molecule has 0 bridgehead atoms. The summed E-state index contributed by atoms with van der Waals surface area (Å²) in [5.41, 5.74) is 5.32. The Morgan fingerprint density at radius 2 is 2.07 bits per heavy atom. The molecule has 4 nitrogen and oxygen atoms in total. The van der Waals surface area contributed by atoms with Gasteiger partial charge in [-0.3, -0.25) is 4.79 Å². The molecule has 0 amide bonds. The molecule has 0 aliphatic rings. The quantitative estimate of drug-likeness (QED) is 0.513. The van der Waals surface area contributed by atoms with Gasteiger partial charge in [0.05, 0.1) is 12.0 Å². The summed E-state index contributed by atoms with van der Waals surface area (Å²) in [5.74, 6) is -1.23. The molecule has 0 fully saturated rings. The number of hydrogen-bond donors (Lipinski definition) is 3. The highest BCUT2D eigenvalue weighted by molar-refractivity contribution is 5.69. The lowest BCUT2D eigenvalue weighted by atomic mass is 9.94. The van der Waals surface area contributed by atoms with Crippen LogP contribution in [0.25, 0.3) is 0 Å². The number of hydrogen-bond acceptors (Lipinski definition) is 3. The Morgan fingerprint density at radius 3 is 2.50 bits per heavy atom. The Morgan fingerprint density at radius 1 is 1.43 bits per heavy atom. The van der Waals surface area contributed by atoms with Crippen molar-refractivity contribution in [3.8, 4) is 0 Å². The standard InChI is InChI=1S/C10H21NO3/c1-2-9(12)7-8(10(13)14)5-3-4-6-11/h8-9,12H,2-7,11H2,1H3,(H,13,14). The maximum atomic E-state index is 10.8. The van der Waals surface area contributed by atoms with E-state index in [1.807, 2.05) is 6.92 Å². The second-order valence-electron chi connectivity index (χ2n) is 3.62. The molecule has 0 aromatic rings. The zero-order valence-corrected chi connectivity index (χ0v) is 8.78. The van der Waals surface area contributed by atoms with Gasteiger partial charge in [0.1, 0.15) is 0 Å². The number of aliphatic carboxylic acids is 1. The van der Waals surface area contributed by atoms with Crippen LogP contribution in [0.4, 0.5) is 0 Å². The van der Waals surface area contributed by atoms with Gasteiger partial charge in [0.25, 0.3) is 0 Å². The van der Waals surface area contributed by atoms with Crippen LogP contribution in [0.5, 0.6) is 0 Å². The fourth-order valence-corrected chi connectivity index (χ4v) is 1.37. The topological polar surface area (TPSA) is 83.5 Å². The van der Waals surface area contributed by atoms with Gasteiger partial charge in [0.2, 0.25) is 0 Å². The third-order valence-electron chi connectivity index (χ3n) is 2.38. The van der Waals surface area contributed by atoms with Crippen LogP contribution >= 0.6 is 0 Å². The average Bonchev–Trinajstić information content (AvgIpc) is 2.16. The van der Waals surface area contributed by atoms with E-state index in [-0.39, 0.29) is 0 Å². The molecule has 84 valence electrons. The van der Waals surface area contributed by atoms with Gasteiger partial charge < -0.3 is 15.9 Å². The maximum absolute atomic E-state index is 10.8. The molecule has 0 saturated carbocycles. The second-order valence-corrected chi connectivity index (χ2v) is 3.62. The zero-order valence-electron chi connectivity index (χ0n) is 8.78. The summed E-state index contributed by atoms with van der Waals surface area (Å²) in [6.07, 6.45) is 2.77. The highest BCUT2D eigenvalue weighted by Crippen LogP contribution is 2.16. The van der Waals surface area contributed by atoms with Crippen LogP contribution in [-0.2, 0) is 4.79 Å². The lowest BCUT2D eigenvalue weighted by Crippen LogP contribution is -2.20. The summed E-state index contributed by atoms with van der Waals surface area (Å²) in [6.45, 7) is 2.45. The minimum absolute atomic E-state index is 0.358. The minimum Gasteiger partial charge on any atom is -0.481 e. The minimum atomic E-state index is -0.811. The van der Waals surface area contributed by atoms with Crippen molar-refractivity contribution in [2.24, 2.45) is 11.7 Å². The van der Waals surface area contributed by atoms with Gasteiger partial charge >= 0.3 is 5.97 Å². The van der Waals surface area contributed by atoms with Crippen LogP contribution in [0.2, 0.25) is 0 Å². The molecular formula is C10H21NO3. The van der Waals surface area contributed by atoms with E-state index in [1.165, 1.54) is 0 Å². The van der Waals surface area contributed by atoms with Gasteiger partial charge in [0.15, 0.2) is 0 Å². The maximum Gasteiger partial charge on any atom is 0.306 e. The number of nitrogens with two attached hydrogens (primary N) is 1. The van der Waals surface area contributed by atoms with Crippen molar-refractivity contribution in [2.45, 2.75) is 45.1 Å². The van der Waals surface area contributed by atoms with Crippen LogP contribution in [0.3, 0.4) is 0 Å². The SMILES string of the molecule is CCC(O)CC(CCCCN)C(=O)O. The number of unbranched alkanes of at least 4 members (excludes halogenated alkanes) is 1. The highest BCUT2D eigenvalue weighted by atomic mass is 16.4. The van der Waals surface area contributed by atoms with E-state index < -0.39 is 18.0 Å². The predicted octanol–water partition coefficient (Wildman–Crippen LogP) is 0.977. The average molecular weight is 203 g/mol. The fourth-order valence-electron chi connectivity index (χ4n) is 1.37. The molecule has 0 spiro atoms. The number of carbonyl (C=O) groups is 1. The van der Waals surface area contributed by atoms with Crippen molar-refractivity contribution >= 4 is 5.97 Å². The number of aliphatic hydroxyl groups excluding tert-OH is 1. The summed E-state index contributed by atoms with van der Waals surface area (Å²) in [7, 11) is 0. The molecule has 0 aromatic carbocycles. The smallest absolute Gasteiger partial charge is 0.306 e.